The zero-order valence-electron chi connectivity index (χ0n) is 15.2. The maximum Gasteiger partial charge on any atom is 0.241 e. The van der Waals surface area contributed by atoms with Crippen LogP contribution >= 0.6 is 0 Å². The predicted octanol–water partition coefficient (Wildman–Crippen LogP) is 1.77. The van der Waals surface area contributed by atoms with Crippen LogP contribution in [0.1, 0.15) is 20.3 Å². The SMILES string of the molecule is CC(C(=O)Nc1cccc(F)c1)N1CCN(CC2(C)CCNC2)CC1. The molecular weight excluding hydrogens is 319 g/mol. The monoisotopic (exact) mass is 348 g/mol. The van der Waals surface area contributed by atoms with Crippen LogP contribution in [0, 0.1) is 11.2 Å². The van der Waals surface area contributed by atoms with E-state index >= 15 is 0 Å². The lowest BCUT2D eigenvalue weighted by atomic mass is 9.89. The van der Waals surface area contributed by atoms with Crippen molar-refractivity contribution in [1.82, 2.24) is 15.1 Å². The van der Waals surface area contributed by atoms with Gasteiger partial charge in [0.2, 0.25) is 5.91 Å². The van der Waals surface area contributed by atoms with Gasteiger partial charge in [0, 0.05) is 45.0 Å². The second kappa shape index (κ2) is 7.81. The average Bonchev–Trinajstić information content (AvgIpc) is 3.01. The second-order valence-corrected chi connectivity index (χ2v) is 7.73. The van der Waals surface area contributed by atoms with Crippen molar-refractivity contribution in [2.75, 3.05) is 51.1 Å². The van der Waals surface area contributed by atoms with Gasteiger partial charge in [0.15, 0.2) is 0 Å². The number of nitrogens with one attached hydrogen (secondary N) is 2. The van der Waals surface area contributed by atoms with Crippen LogP contribution in [-0.2, 0) is 4.79 Å². The van der Waals surface area contributed by atoms with Crippen LogP contribution in [0.4, 0.5) is 10.1 Å². The Morgan fingerprint density at radius 1 is 1.36 bits per heavy atom. The normalized spacial score (nSPS) is 26.5. The lowest BCUT2D eigenvalue weighted by Gasteiger charge is -2.40. The number of carbonyl (C=O) groups is 1. The summed E-state index contributed by atoms with van der Waals surface area (Å²) in [6, 6.07) is 5.82. The largest absolute Gasteiger partial charge is 0.325 e. The number of piperazine rings is 1. The minimum absolute atomic E-state index is 0.0778. The molecule has 1 aromatic rings. The van der Waals surface area contributed by atoms with E-state index in [2.05, 4.69) is 27.4 Å². The summed E-state index contributed by atoms with van der Waals surface area (Å²) < 4.78 is 13.2. The summed E-state index contributed by atoms with van der Waals surface area (Å²) in [4.78, 5) is 17.2. The third-order valence-electron chi connectivity index (χ3n) is 5.49. The molecule has 0 radical (unpaired) electrons. The number of rotatable bonds is 5. The third kappa shape index (κ3) is 4.77. The topological polar surface area (TPSA) is 47.6 Å². The van der Waals surface area contributed by atoms with Gasteiger partial charge in [-0.25, -0.2) is 4.39 Å². The molecule has 2 aliphatic rings. The molecule has 2 fully saturated rings. The van der Waals surface area contributed by atoms with Gasteiger partial charge in [0.05, 0.1) is 6.04 Å². The van der Waals surface area contributed by atoms with Gasteiger partial charge in [-0.3, -0.25) is 9.69 Å². The van der Waals surface area contributed by atoms with Gasteiger partial charge < -0.3 is 15.5 Å². The van der Waals surface area contributed by atoms with Crippen molar-refractivity contribution >= 4 is 11.6 Å². The first-order valence-electron chi connectivity index (χ1n) is 9.19. The minimum Gasteiger partial charge on any atom is -0.325 e. The van der Waals surface area contributed by atoms with Gasteiger partial charge in [0.25, 0.3) is 0 Å². The highest BCUT2D eigenvalue weighted by Crippen LogP contribution is 2.26. The van der Waals surface area contributed by atoms with E-state index in [1.54, 1.807) is 12.1 Å². The van der Waals surface area contributed by atoms with Crippen molar-refractivity contribution < 1.29 is 9.18 Å². The highest BCUT2D eigenvalue weighted by atomic mass is 19.1. The number of halogens is 1. The van der Waals surface area contributed by atoms with Crippen molar-refractivity contribution in [3.05, 3.63) is 30.1 Å². The van der Waals surface area contributed by atoms with Gasteiger partial charge in [-0.05, 0) is 43.5 Å². The molecule has 0 spiro atoms. The fraction of sp³-hybridized carbons (Fsp3) is 0.632. The summed E-state index contributed by atoms with van der Waals surface area (Å²) in [6.45, 7) is 11.4. The second-order valence-electron chi connectivity index (χ2n) is 7.73. The molecule has 0 aliphatic carbocycles. The van der Waals surface area contributed by atoms with E-state index in [9.17, 15) is 9.18 Å². The Kier molecular flexibility index (Phi) is 5.71. The summed E-state index contributed by atoms with van der Waals surface area (Å²) in [5.74, 6) is -0.417. The maximum absolute atomic E-state index is 13.2. The van der Waals surface area contributed by atoms with Crippen molar-refractivity contribution in [3.8, 4) is 0 Å². The number of hydrogen-bond donors (Lipinski definition) is 2. The highest BCUT2D eigenvalue weighted by molar-refractivity contribution is 5.94. The van der Waals surface area contributed by atoms with Crippen LogP contribution in [-0.4, -0.2) is 67.6 Å². The Balaban J connectivity index is 1.47. The molecule has 2 heterocycles. The first-order valence-corrected chi connectivity index (χ1v) is 9.19. The number of benzene rings is 1. The first kappa shape index (κ1) is 18.3. The molecule has 138 valence electrons. The van der Waals surface area contributed by atoms with E-state index in [4.69, 9.17) is 0 Å². The molecule has 1 aromatic carbocycles. The van der Waals surface area contributed by atoms with E-state index in [0.717, 1.165) is 45.8 Å². The molecule has 5 nitrogen and oxygen atoms in total. The molecule has 0 aromatic heterocycles. The van der Waals surface area contributed by atoms with Crippen LogP contribution in [0.3, 0.4) is 0 Å². The van der Waals surface area contributed by atoms with Gasteiger partial charge in [0.1, 0.15) is 5.82 Å². The molecule has 2 N–H and O–H groups in total. The zero-order chi connectivity index (χ0) is 17.9. The maximum atomic E-state index is 13.2. The number of anilines is 1. The van der Waals surface area contributed by atoms with Crippen molar-refractivity contribution in [3.63, 3.8) is 0 Å². The molecule has 2 atom stereocenters. The van der Waals surface area contributed by atoms with E-state index < -0.39 is 0 Å². The van der Waals surface area contributed by atoms with Crippen molar-refractivity contribution in [2.24, 2.45) is 5.41 Å². The molecule has 25 heavy (non-hydrogen) atoms. The minimum atomic E-state index is -0.339. The van der Waals surface area contributed by atoms with Crippen molar-refractivity contribution in [2.45, 2.75) is 26.3 Å². The van der Waals surface area contributed by atoms with Crippen LogP contribution in [0.5, 0.6) is 0 Å². The molecule has 2 aliphatic heterocycles. The van der Waals surface area contributed by atoms with Crippen LogP contribution in [0.25, 0.3) is 0 Å². The van der Waals surface area contributed by atoms with Gasteiger partial charge in [-0.15, -0.1) is 0 Å². The first-order chi connectivity index (χ1) is 12.0. The van der Waals surface area contributed by atoms with Crippen LogP contribution < -0.4 is 10.6 Å². The zero-order valence-corrected chi connectivity index (χ0v) is 15.2. The Bertz CT molecular complexity index is 595. The molecule has 0 bridgehead atoms. The van der Waals surface area contributed by atoms with E-state index in [1.807, 2.05) is 6.92 Å². The van der Waals surface area contributed by atoms with Gasteiger partial charge in [-0.1, -0.05) is 13.0 Å². The standard InChI is InChI=1S/C19H29FN4O/c1-15(18(25)22-17-5-3-4-16(20)12-17)24-10-8-23(9-11-24)14-19(2)6-7-21-13-19/h3-5,12,15,21H,6-11,13-14H2,1-2H3,(H,22,25). The Morgan fingerprint density at radius 3 is 2.76 bits per heavy atom. The number of carbonyl (C=O) groups excluding carboxylic acids is 1. The lowest BCUT2D eigenvalue weighted by molar-refractivity contribution is -0.121. The number of amides is 1. The summed E-state index contributed by atoms with van der Waals surface area (Å²) in [6.07, 6.45) is 1.24. The molecular formula is C19H29FN4O. The Hall–Kier alpha value is -1.50. The molecule has 2 unspecified atom stereocenters. The average molecular weight is 348 g/mol. The lowest BCUT2D eigenvalue weighted by Crippen LogP contribution is -2.54. The molecule has 6 heteroatoms. The molecule has 3 rings (SSSR count). The summed E-state index contributed by atoms with van der Waals surface area (Å²) in [5.41, 5.74) is 0.889. The van der Waals surface area contributed by atoms with Crippen LogP contribution in [0.2, 0.25) is 0 Å². The van der Waals surface area contributed by atoms with Crippen molar-refractivity contribution in [1.29, 1.82) is 0 Å². The van der Waals surface area contributed by atoms with Crippen LogP contribution in [0.15, 0.2) is 24.3 Å². The highest BCUT2D eigenvalue weighted by Gasteiger charge is 2.33. The Labute approximate surface area is 149 Å². The molecule has 1 amide bonds. The fourth-order valence-corrected chi connectivity index (χ4v) is 3.83. The Morgan fingerprint density at radius 2 is 2.12 bits per heavy atom. The fourth-order valence-electron chi connectivity index (χ4n) is 3.83. The summed E-state index contributed by atoms with van der Waals surface area (Å²) in [7, 11) is 0. The van der Waals surface area contributed by atoms with Gasteiger partial charge >= 0.3 is 0 Å². The van der Waals surface area contributed by atoms with E-state index in [1.165, 1.54) is 18.6 Å². The quantitative estimate of drug-likeness (QED) is 0.851. The molecule has 2 saturated heterocycles. The number of hydrogen-bond acceptors (Lipinski definition) is 4. The number of nitrogens with zero attached hydrogens (tertiary/aromatic N) is 2. The third-order valence-corrected chi connectivity index (χ3v) is 5.49. The van der Waals surface area contributed by atoms with Gasteiger partial charge in [-0.2, -0.15) is 0 Å². The molecule has 0 saturated carbocycles. The van der Waals surface area contributed by atoms with E-state index in [-0.39, 0.29) is 17.8 Å². The predicted molar refractivity (Wildman–Crippen MR) is 98.1 cm³/mol. The summed E-state index contributed by atoms with van der Waals surface area (Å²) in [5, 5.41) is 6.27. The smallest absolute Gasteiger partial charge is 0.241 e. The van der Waals surface area contributed by atoms with E-state index in [0.29, 0.717) is 11.1 Å². The summed E-state index contributed by atoms with van der Waals surface area (Å²) >= 11 is 0.